The predicted octanol–water partition coefficient (Wildman–Crippen LogP) is 4.41. The van der Waals surface area contributed by atoms with E-state index >= 15 is 0 Å². The van der Waals surface area contributed by atoms with E-state index in [1.807, 2.05) is 37.3 Å². The van der Waals surface area contributed by atoms with Crippen molar-refractivity contribution in [3.05, 3.63) is 70.5 Å². The van der Waals surface area contributed by atoms with E-state index in [4.69, 9.17) is 11.6 Å². The number of halogens is 2. The van der Waals surface area contributed by atoms with E-state index in [0.717, 1.165) is 11.1 Å². The molecule has 0 aliphatic carbocycles. The highest BCUT2D eigenvalue weighted by Crippen LogP contribution is 2.27. The third-order valence-electron chi connectivity index (χ3n) is 3.57. The molecule has 0 radical (unpaired) electrons. The first-order valence-corrected chi connectivity index (χ1v) is 7.10. The molecule has 2 aromatic rings. The highest BCUT2D eigenvalue weighted by molar-refractivity contribution is 6.31. The van der Waals surface area contributed by atoms with Gasteiger partial charge in [0.2, 0.25) is 0 Å². The second-order valence-electron chi connectivity index (χ2n) is 5.15. The Morgan fingerprint density at radius 3 is 2.40 bits per heavy atom. The summed E-state index contributed by atoms with van der Waals surface area (Å²) in [6, 6.07) is 14.1. The quantitative estimate of drug-likeness (QED) is 0.866. The third-order valence-corrected chi connectivity index (χ3v) is 3.92. The van der Waals surface area contributed by atoms with E-state index in [2.05, 4.69) is 0 Å². The maximum absolute atomic E-state index is 13.1. The van der Waals surface area contributed by atoms with Crippen LogP contribution < -0.4 is 0 Å². The molecule has 106 valence electrons. The maximum Gasteiger partial charge on any atom is 0.124 e. The van der Waals surface area contributed by atoms with Crippen LogP contribution in [0.5, 0.6) is 0 Å². The van der Waals surface area contributed by atoms with Gasteiger partial charge in [0.1, 0.15) is 5.82 Å². The highest BCUT2D eigenvalue weighted by Gasteiger charge is 2.26. The molecule has 1 nitrogen and oxygen atoms in total. The lowest BCUT2D eigenvalue weighted by molar-refractivity contribution is 0.0368. The van der Waals surface area contributed by atoms with Gasteiger partial charge >= 0.3 is 0 Å². The largest absolute Gasteiger partial charge is 0.389 e. The molecule has 0 saturated heterocycles. The molecular weight excluding hydrogens is 275 g/mol. The average molecular weight is 293 g/mol. The molecule has 0 bridgehead atoms. The molecule has 1 N–H and O–H groups in total. The normalized spacial score (nSPS) is 14.0. The van der Waals surface area contributed by atoms with Crippen molar-refractivity contribution in [2.24, 2.45) is 0 Å². The lowest BCUT2D eigenvalue weighted by Crippen LogP contribution is -2.33. The highest BCUT2D eigenvalue weighted by atomic mass is 35.5. The van der Waals surface area contributed by atoms with Crippen LogP contribution in [0.2, 0.25) is 5.02 Å². The minimum absolute atomic E-state index is 0.359. The van der Waals surface area contributed by atoms with E-state index in [9.17, 15) is 9.50 Å². The second-order valence-corrected chi connectivity index (χ2v) is 5.56. The van der Waals surface area contributed by atoms with Gasteiger partial charge in [-0.3, -0.25) is 0 Å². The Hall–Kier alpha value is -1.38. The molecule has 0 fully saturated rings. The minimum Gasteiger partial charge on any atom is -0.389 e. The Balaban J connectivity index is 2.18. The van der Waals surface area contributed by atoms with Gasteiger partial charge in [-0.05, 0) is 29.7 Å². The van der Waals surface area contributed by atoms with Crippen molar-refractivity contribution in [2.45, 2.75) is 31.8 Å². The van der Waals surface area contributed by atoms with Gasteiger partial charge in [0, 0.05) is 17.9 Å². The maximum atomic E-state index is 13.1. The molecule has 0 aliphatic heterocycles. The molecule has 0 aliphatic rings. The SMILES string of the molecule is CCC(O)(Cc1ccccc1)Cc1ccc(F)cc1Cl. The summed E-state index contributed by atoms with van der Waals surface area (Å²) in [5.41, 5.74) is 0.978. The zero-order valence-corrected chi connectivity index (χ0v) is 12.2. The Bertz CT molecular complexity index is 570. The van der Waals surface area contributed by atoms with E-state index in [-0.39, 0.29) is 5.82 Å². The Labute approximate surface area is 124 Å². The zero-order valence-electron chi connectivity index (χ0n) is 11.4. The van der Waals surface area contributed by atoms with Gasteiger partial charge in [-0.15, -0.1) is 0 Å². The first-order valence-electron chi connectivity index (χ1n) is 6.73. The standard InChI is InChI=1S/C17H18ClFO/c1-2-17(20,11-13-6-4-3-5-7-13)12-14-8-9-15(19)10-16(14)18/h3-10,20H,2,11-12H2,1H3. The molecule has 1 atom stereocenters. The summed E-state index contributed by atoms with van der Waals surface area (Å²) in [7, 11) is 0. The summed E-state index contributed by atoms with van der Waals surface area (Å²) in [4.78, 5) is 0. The van der Waals surface area contributed by atoms with Gasteiger partial charge in [0.25, 0.3) is 0 Å². The lowest BCUT2D eigenvalue weighted by atomic mass is 9.86. The van der Waals surface area contributed by atoms with Gasteiger partial charge in [-0.2, -0.15) is 0 Å². The zero-order chi connectivity index (χ0) is 14.6. The van der Waals surface area contributed by atoms with Crippen LogP contribution in [-0.4, -0.2) is 10.7 Å². The van der Waals surface area contributed by atoms with Crippen LogP contribution >= 0.6 is 11.6 Å². The Kier molecular flexibility index (Phi) is 4.79. The number of aliphatic hydroxyl groups is 1. The first kappa shape index (κ1) is 15.0. The molecule has 2 rings (SSSR count). The van der Waals surface area contributed by atoms with Crippen LogP contribution in [0.4, 0.5) is 4.39 Å². The molecular formula is C17H18ClFO. The van der Waals surface area contributed by atoms with E-state index in [0.29, 0.717) is 24.3 Å². The Morgan fingerprint density at radius 2 is 1.80 bits per heavy atom. The van der Waals surface area contributed by atoms with Crippen LogP contribution in [0.25, 0.3) is 0 Å². The summed E-state index contributed by atoms with van der Waals surface area (Å²) < 4.78 is 13.1. The van der Waals surface area contributed by atoms with Gasteiger partial charge in [0.15, 0.2) is 0 Å². The average Bonchev–Trinajstić information content (AvgIpc) is 2.43. The number of rotatable bonds is 5. The van der Waals surface area contributed by atoms with E-state index < -0.39 is 5.60 Å². The lowest BCUT2D eigenvalue weighted by Gasteiger charge is -2.27. The van der Waals surface area contributed by atoms with Crippen LogP contribution in [0.1, 0.15) is 24.5 Å². The summed E-state index contributed by atoms with van der Waals surface area (Å²) >= 11 is 6.04. The smallest absolute Gasteiger partial charge is 0.124 e. The van der Waals surface area contributed by atoms with Crippen molar-refractivity contribution in [1.82, 2.24) is 0 Å². The molecule has 0 saturated carbocycles. The van der Waals surface area contributed by atoms with Gasteiger partial charge in [0.05, 0.1) is 5.60 Å². The van der Waals surface area contributed by atoms with E-state index in [1.165, 1.54) is 12.1 Å². The molecule has 0 spiro atoms. The molecule has 2 aromatic carbocycles. The van der Waals surface area contributed by atoms with Gasteiger partial charge in [-0.25, -0.2) is 4.39 Å². The Morgan fingerprint density at radius 1 is 1.10 bits per heavy atom. The van der Waals surface area contributed by atoms with Crippen molar-refractivity contribution < 1.29 is 9.50 Å². The fraction of sp³-hybridized carbons (Fsp3) is 0.294. The third kappa shape index (κ3) is 3.81. The number of hydrogen-bond donors (Lipinski definition) is 1. The molecule has 0 aromatic heterocycles. The van der Waals surface area contributed by atoms with E-state index in [1.54, 1.807) is 6.07 Å². The number of benzene rings is 2. The van der Waals surface area contributed by atoms with Crippen LogP contribution in [0.3, 0.4) is 0 Å². The molecule has 0 amide bonds. The summed E-state index contributed by atoms with van der Waals surface area (Å²) in [6.45, 7) is 1.94. The van der Waals surface area contributed by atoms with Crippen molar-refractivity contribution >= 4 is 11.6 Å². The molecule has 1 unspecified atom stereocenters. The predicted molar refractivity (Wildman–Crippen MR) is 80.5 cm³/mol. The molecule has 0 heterocycles. The minimum atomic E-state index is -0.872. The summed E-state index contributed by atoms with van der Waals surface area (Å²) in [6.07, 6.45) is 1.57. The fourth-order valence-electron chi connectivity index (χ4n) is 2.31. The number of hydrogen-bond acceptors (Lipinski definition) is 1. The van der Waals surface area contributed by atoms with Crippen LogP contribution in [0.15, 0.2) is 48.5 Å². The summed E-state index contributed by atoms with van der Waals surface area (Å²) in [5, 5.41) is 11.1. The summed E-state index contributed by atoms with van der Waals surface area (Å²) in [5.74, 6) is -0.359. The molecule has 20 heavy (non-hydrogen) atoms. The first-order chi connectivity index (χ1) is 9.52. The fourth-order valence-corrected chi connectivity index (χ4v) is 2.54. The van der Waals surface area contributed by atoms with Crippen molar-refractivity contribution in [1.29, 1.82) is 0 Å². The van der Waals surface area contributed by atoms with Crippen molar-refractivity contribution in [2.75, 3.05) is 0 Å². The van der Waals surface area contributed by atoms with Gasteiger partial charge in [-0.1, -0.05) is 54.9 Å². The van der Waals surface area contributed by atoms with Gasteiger partial charge < -0.3 is 5.11 Å². The molecule has 3 heteroatoms. The van der Waals surface area contributed by atoms with Crippen LogP contribution in [0, 0.1) is 5.82 Å². The monoisotopic (exact) mass is 292 g/mol. The topological polar surface area (TPSA) is 20.2 Å². The van der Waals surface area contributed by atoms with Crippen molar-refractivity contribution in [3.63, 3.8) is 0 Å². The second kappa shape index (κ2) is 6.38. The van der Waals surface area contributed by atoms with Crippen molar-refractivity contribution in [3.8, 4) is 0 Å². The van der Waals surface area contributed by atoms with Crippen LogP contribution in [-0.2, 0) is 12.8 Å².